The molecule has 4 aromatic rings. The highest BCUT2D eigenvalue weighted by atomic mass is 32.1. The number of nitriles is 1. The van der Waals surface area contributed by atoms with E-state index < -0.39 is 5.82 Å². The Morgan fingerprint density at radius 2 is 1.88 bits per heavy atom. The molecule has 0 fully saturated rings. The third kappa shape index (κ3) is 2.93. The maximum absolute atomic E-state index is 14.0. The minimum absolute atomic E-state index is 0.0165. The largest absolute Gasteiger partial charge is 0.324 e. The normalized spacial score (nSPS) is 10.6. The third-order valence-electron chi connectivity index (χ3n) is 3.70. The van der Waals surface area contributed by atoms with Gasteiger partial charge in [0.2, 0.25) is 5.95 Å². The van der Waals surface area contributed by atoms with Gasteiger partial charge in [0.05, 0.1) is 21.5 Å². The Balaban J connectivity index is 1.84. The van der Waals surface area contributed by atoms with Gasteiger partial charge in [-0.25, -0.2) is 14.4 Å². The summed E-state index contributed by atoms with van der Waals surface area (Å²) in [5.74, 6) is -0.113. The van der Waals surface area contributed by atoms with E-state index in [0.717, 1.165) is 15.9 Å². The summed E-state index contributed by atoms with van der Waals surface area (Å²) in [6.07, 6.45) is 0. The van der Waals surface area contributed by atoms with E-state index in [1.165, 1.54) is 23.5 Å². The van der Waals surface area contributed by atoms with Gasteiger partial charge >= 0.3 is 0 Å². The van der Waals surface area contributed by atoms with Crippen LogP contribution in [0.15, 0.2) is 60.0 Å². The van der Waals surface area contributed by atoms with E-state index in [9.17, 15) is 4.39 Å². The van der Waals surface area contributed by atoms with Gasteiger partial charge in [0.1, 0.15) is 11.9 Å². The van der Waals surface area contributed by atoms with Crippen molar-refractivity contribution in [3.05, 3.63) is 71.4 Å². The summed E-state index contributed by atoms with van der Waals surface area (Å²) in [6, 6.07) is 17.9. The van der Waals surface area contributed by atoms with Crippen LogP contribution in [0.25, 0.3) is 21.5 Å². The molecule has 0 bridgehead atoms. The molecule has 2 aromatic carbocycles. The molecule has 2 heterocycles. The minimum Gasteiger partial charge on any atom is -0.324 e. The molecule has 120 valence electrons. The lowest BCUT2D eigenvalue weighted by Gasteiger charge is -2.09. The van der Waals surface area contributed by atoms with Crippen molar-refractivity contribution in [3.63, 3.8) is 0 Å². The fourth-order valence-corrected chi connectivity index (χ4v) is 3.36. The summed E-state index contributed by atoms with van der Waals surface area (Å²) >= 11 is 1.50. The van der Waals surface area contributed by atoms with Crippen LogP contribution in [0, 0.1) is 17.1 Å². The number of fused-ring (bicyclic) bond motifs is 1. The molecule has 0 amide bonds. The molecule has 0 aliphatic rings. The molecule has 1 N–H and O–H groups in total. The smallest absolute Gasteiger partial charge is 0.228 e. The Hall–Kier alpha value is -3.30. The van der Waals surface area contributed by atoms with Crippen molar-refractivity contribution in [2.75, 3.05) is 5.32 Å². The molecule has 0 unspecified atom stereocenters. The zero-order valence-electron chi connectivity index (χ0n) is 12.9. The number of hydrogen-bond acceptors (Lipinski definition) is 5. The van der Waals surface area contributed by atoms with Gasteiger partial charge in [-0.05, 0) is 35.7 Å². The molecule has 0 saturated carbocycles. The van der Waals surface area contributed by atoms with Crippen LogP contribution in [0.3, 0.4) is 0 Å². The average Bonchev–Trinajstić information content (AvgIpc) is 3.10. The number of halogens is 1. The number of rotatable bonds is 3. The van der Waals surface area contributed by atoms with Crippen LogP contribution in [0.1, 0.15) is 5.56 Å². The highest BCUT2D eigenvalue weighted by Crippen LogP contribution is 2.32. The zero-order chi connectivity index (χ0) is 17.2. The first kappa shape index (κ1) is 15.2. The number of anilines is 2. The number of benzene rings is 2. The van der Waals surface area contributed by atoms with E-state index in [1.54, 1.807) is 6.07 Å². The Bertz CT molecular complexity index is 1100. The van der Waals surface area contributed by atoms with Crippen LogP contribution in [-0.4, -0.2) is 9.97 Å². The van der Waals surface area contributed by atoms with Gasteiger partial charge in [-0.1, -0.05) is 24.3 Å². The summed E-state index contributed by atoms with van der Waals surface area (Å²) in [4.78, 5) is 9.09. The fourth-order valence-electron chi connectivity index (χ4n) is 2.52. The van der Waals surface area contributed by atoms with E-state index >= 15 is 0 Å². The minimum atomic E-state index is -0.555. The molecule has 4 nitrogen and oxygen atoms in total. The molecule has 0 spiro atoms. The quantitative estimate of drug-likeness (QED) is 0.560. The number of thiophene rings is 1. The molecule has 25 heavy (non-hydrogen) atoms. The van der Waals surface area contributed by atoms with Gasteiger partial charge < -0.3 is 5.32 Å². The molecule has 0 saturated heterocycles. The number of para-hydroxylation sites is 1. The van der Waals surface area contributed by atoms with Crippen molar-refractivity contribution in [3.8, 4) is 17.3 Å². The summed E-state index contributed by atoms with van der Waals surface area (Å²) in [5.41, 5.74) is 2.93. The van der Waals surface area contributed by atoms with Crippen LogP contribution >= 0.6 is 11.3 Å². The molecule has 0 aliphatic heterocycles. The highest BCUT2D eigenvalue weighted by Gasteiger charge is 2.13. The second-order valence-corrected chi connectivity index (χ2v) is 6.24. The van der Waals surface area contributed by atoms with E-state index in [0.29, 0.717) is 17.2 Å². The van der Waals surface area contributed by atoms with Crippen molar-refractivity contribution in [1.29, 1.82) is 5.26 Å². The van der Waals surface area contributed by atoms with E-state index in [2.05, 4.69) is 15.3 Å². The molecule has 0 aliphatic carbocycles. The van der Waals surface area contributed by atoms with Gasteiger partial charge in [0.25, 0.3) is 0 Å². The molecule has 0 atom stereocenters. The van der Waals surface area contributed by atoms with Crippen LogP contribution < -0.4 is 5.32 Å². The number of nitrogens with zero attached hydrogens (tertiary/aromatic N) is 3. The van der Waals surface area contributed by atoms with Crippen LogP contribution in [0.4, 0.5) is 16.0 Å². The SMILES string of the molecule is N#Cc1ccc(-c2nc(Nc3ccccc3)nc3ccsc23)cc1F. The number of hydrogen-bond donors (Lipinski definition) is 1. The maximum atomic E-state index is 14.0. The van der Waals surface area contributed by atoms with Crippen LogP contribution in [-0.2, 0) is 0 Å². The first-order valence-corrected chi connectivity index (χ1v) is 8.40. The van der Waals surface area contributed by atoms with E-state index in [-0.39, 0.29) is 5.56 Å². The molecule has 2 aromatic heterocycles. The first-order chi connectivity index (χ1) is 12.2. The Morgan fingerprint density at radius 1 is 1.04 bits per heavy atom. The Kier molecular flexibility index (Phi) is 3.84. The summed E-state index contributed by atoms with van der Waals surface area (Å²) in [7, 11) is 0. The van der Waals surface area contributed by atoms with Crippen molar-refractivity contribution in [1.82, 2.24) is 9.97 Å². The topological polar surface area (TPSA) is 61.6 Å². The van der Waals surface area contributed by atoms with Crippen molar-refractivity contribution in [2.45, 2.75) is 0 Å². The van der Waals surface area contributed by atoms with Crippen LogP contribution in [0.5, 0.6) is 0 Å². The third-order valence-corrected chi connectivity index (χ3v) is 4.61. The van der Waals surface area contributed by atoms with Gasteiger partial charge in [0, 0.05) is 11.3 Å². The van der Waals surface area contributed by atoms with E-state index in [1.807, 2.05) is 47.8 Å². The summed E-state index contributed by atoms with van der Waals surface area (Å²) in [5, 5.41) is 14.0. The van der Waals surface area contributed by atoms with Gasteiger partial charge in [0.15, 0.2) is 0 Å². The van der Waals surface area contributed by atoms with Crippen molar-refractivity contribution in [2.24, 2.45) is 0 Å². The van der Waals surface area contributed by atoms with Crippen LogP contribution in [0.2, 0.25) is 0 Å². The van der Waals surface area contributed by atoms with Gasteiger partial charge in [-0.2, -0.15) is 5.26 Å². The van der Waals surface area contributed by atoms with E-state index in [4.69, 9.17) is 5.26 Å². The fraction of sp³-hybridized carbons (Fsp3) is 0. The Labute approximate surface area is 147 Å². The number of nitrogens with one attached hydrogen (secondary N) is 1. The second kappa shape index (κ2) is 6.30. The first-order valence-electron chi connectivity index (χ1n) is 7.52. The molecular weight excluding hydrogens is 335 g/mol. The maximum Gasteiger partial charge on any atom is 0.228 e. The lowest BCUT2D eigenvalue weighted by molar-refractivity contribution is 0.624. The zero-order valence-corrected chi connectivity index (χ0v) is 13.7. The lowest BCUT2D eigenvalue weighted by atomic mass is 10.1. The molecule has 6 heteroatoms. The van der Waals surface area contributed by atoms with Gasteiger partial charge in [-0.15, -0.1) is 11.3 Å². The monoisotopic (exact) mass is 346 g/mol. The highest BCUT2D eigenvalue weighted by molar-refractivity contribution is 7.17. The summed E-state index contributed by atoms with van der Waals surface area (Å²) < 4.78 is 14.9. The second-order valence-electron chi connectivity index (χ2n) is 5.33. The molecule has 0 radical (unpaired) electrons. The standard InChI is InChI=1S/C19H11FN4S/c20-15-10-12(6-7-13(15)11-21)17-18-16(8-9-25-18)23-19(24-17)22-14-4-2-1-3-5-14/h1-10H,(H,22,23,24). The number of aromatic nitrogens is 2. The van der Waals surface area contributed by atoms with Crippen molar-refractivity contribution < 1.29 is 4.39 Å². The van der Waals surface area contributed by atoms with Crippen molar-refractivity contribution >= 4 is 33.2 Å². The molecule has 4 rings (SSSR count). The summed E-state index contributed by atoms with van der Waals surface area (Å²) in [6.45, 7) is 0. The van der Waals surface area contributed by atoms with Gasteiger partial charge in [-0.3, -0.25) is 0 Å². The Morgan fingerprint density at radius 3 is 2.64 bits per heavy atom. The molecular formula is C19H11FN4S. The predicted molar refractivity (Wildman–Crippen MR) is 97.2 cm³/mol. The average molecular weight is 346 g/mol. The lowest BCUT2D eigenvalue weighted by Crippen LogP contribution is -1.99. The predicted octanol–water partition coefficient (Wildman–Crippen LogP) is 5.11.